The molecule has 0 fully saturated rings. The molecule has 83 heavy (non-hydrogen) atoms. The van der Waals surface area contributed by atoms with Gasteiger partial charge in [-0.15, -0.1) is 0 Å². The van der Waals surface area contributed by atoms with Crippen molar-refractivity contribution in [2.24, 2.45) is 69.2 Å². The number of hydrogen-bond donors (Lipinski definition) is 8. The van der Waals surface area contributed by atoms with Crippen molar-refractivity contribution in [2.45, 2.75) is 177 Å². The molecular weight excluding hydrogens is 1050 g/mol. The summed E-state index contributed by atoms with van der Waals surface area (Å²) in [7, 11) is 0. The van der Waals surface area contributed by atoms with Gasteiger partial charge in [-0.05, 0) is 133 Å². The fourth-order valence-corrected chi connectivity index (χ4v) is 6.28. The lowest BCUT2D eigenvalue weighted by Crippen LogP contribution is -2.23. The first-order chi connectivity index (χ1) is 37.2. The number of guanidine groups is 1. The predicted molar refractivity (Wildman–Crippen MR) is 346 cm³/mol. The molecule has 0 aliphatic rings. The summed E-state index contributed by atoms with van der Waals surface area (Å²) in [6, 6.07) is 29.0. The number of aliphatic imine (C=N–C) groups is 1. The number of nitrogens with zero attached hydrogens (tertiary/aromatic N) is 1. The van der Waals surface area contributed by atoms with Crippen LogP contribution in [0.25, 0.3) is 10.8 Å². The van der Waals surface area contributed by atoms with Crippen LogP contribution in [0, 0.1) is 46.3 Å². The number of hydrogen-bond acceptors (Lipinski definition) is 12. The Kier molecular flexibility index (Phi) is 51.1. The maximum absolute atomic E-state index is 11.3. The second kappa shape index (κ2) is 49.0. The summed E-state index contributed by atoms with van der Waals surface area (Å²) in [5, 5.41) is 25.7. The van der Waals surface area contributed by atoms with Gasteiger partial charge in [0.1, 0.15) is 52.1 Å². The Morgan fingerprint density at radius 2 is 0.940 bits per heavy atom. The van der Waals surface area contributed by atoms with Crippen LogP contribution in [-0.2, 0) is 57.6 Å². The Morgan fingerprint density at radius 3 is 1.35 bits per heavy atom. The van der Waals surface area contributed by atoms with E-state index in [4.69, 9.17) is 44.6 Å². The minimum Gasteiger partial charge on any atom is -0.508 e. The van der Waals surface area contributed by atoms with E-state index in [9.17, 15) is 38.4 Å². The van der Waals surface area contributed by atoms with E-state index in [0.29, 0.717) is 44.2 Å². The smallest absolute Gasteiger partial charge is 0.217 e. The van der Waals surface area contributed by atoms with Gasteiger partial charge in [-0.25, -0.2) is 0 Å². The molecule has 0 saturated carbocycles. The van der Waals surface area contributed by atoms with E-state index in [1.165, 1.54) is 30.2 Å². The number of phenolic OH excluding ortho intramolecular Hbond substituents is 1. The molecule has 4 aromatic carbocycles. The quantitative estimate of drug-likeness (QED) is 0.0195. The van der Waals surface area contributed by atoms with Gasteiger partial charge in [0.25, 0.3) is 0 Å². The van der Waals surface area contributed by atoms with Gasteiger partial charge in [-0.3, -0.25) is 49.4 Å². The molecule has 0 spiro atoms. The highest BCUT2D eigenvalue weighted by Crippen LogP contribution is 2.22. The molecule has 0 aliphatic heterocycles. The summed E-state index contributed by atoms with van der Waals surface area (Å²) >= 11 is 0. The highest BCUT2D eigenvalue weighted by molar-refractivity contribution is 5.95. The fourth-order valence-electron chi connectivity index (χ4n) is 6.28. The number of nitrogen functional groups attached to an aromatic ring is 1. The zero-order valence-electron chi connectivity index (χ0n) is 50.2. The number of primary amides is 1. The number of nitrogens with two attached hydrogens (primary N) is 5. The average Bonchev–Trinajstić information content (AvgIpc) is 3.43. The molecule has 6 atom stereocenters. The van der Waals surface area contributed by atoms with E-state index in [1.807, 2.05) is 77.1 Å². The molecule has 0 heterocycles. The molecule has 4 aromatic rings. The number of phenols is 1. The zero-order chi connectivity index (χ0) is 62.2. The Hall–Kier alpha value is -7.69. The number of nitrogens with one attached hydrogen (secondary N) is 2. The first-order valence-electron chi connectivity index (χ1n) is 27.0. The molecule has 17 heteroatoms. The molecule has 6 unspecified atom stereocenters. The molecule has 0 saturated heterocycles. The van der Waals surface area contributed by atoms with Gasteiger partial charge in [0.15, 0.2) is 5.96 Å². The highest BCUT2D eigenvalue weighted by Gasteiger charge is 2.13. The van der Waals surface area contributed by atoms with Crippen LogP contribution >= 0.6 is 0 Å². The van der Waals surface area contributed by atoms with Gasteiger partial charge < -0.3 is 38.6 Å². The van der Waals surface area contributed by atoms with E-state index < -0.39 is 0 Å². The second-order valence-corrected chi connectivity index (χ2v) is 20.3. The third-order valence-electron chi connectivity index (χ3n) is 12.8. The lowest BCUT2D eigenvalue weighted by atomic mass is 9.94. The van der Waals surface area contributed by atoms with Crippen LogP contribution < -0.4 is 28.7 Å². The van der Waals surface area contributed by atoms with Crippen LogP contribution in [-0.4, -0.2) is 75.7 Å². The molecule has 0 radical (unpaired) electrons. The largest absolute Gasteiger partial charge is 0.508 e. The van der Waals surface area contributed by atoms with Gasteiger partial charge in [-0.1, -0.05) is 144 Å². The first-order valence-corrected chi connectivity index (χ1v) is 27.0. The van der Waals surface area contributed by atoms with Crippen LogP contribution in [0.15, 0.2) is 96.0 Å². The van der Waals surface area contributed by atoms with Crippen molar-refractivity contribution < 1.29 is 43.5 Å². The Labute approximate surface area is 498 Å². The summed E-state index contributed by atoms with van der Waals surface area (Å²) < 4.78 is 0. The number of rotatable bonds is 23. The average molecular weight is 1160 g/mol. The normalized spacial score (nSPS) is 11.7. The first kappa shape index (κ1) is 86.6. The molecule has 17 nitrogen and oxygen atoms in total. The van der Waals surface area contributed by atoms with E-state index in [0.717, 1.165) is 36.8 Å². The summed E-state index contributed by atoms with van der Waals surface area (Å²) in [5.41, 5.74) is 29.7. The lowest BCUT2D eigenvalue weighted by molar-refractivity contribution is -0.122. The number of carbonyl (C=O) groups excluding carboxylic acids is 8. The Balaban J connectivity index is -0.000000211. The van der Waals surface area contributed by atoms with Crippen molar-refractivity contribution in [3.8, 4) is 5.75 Å². The van der Waals surface area contributed by atoms with Gasteiger partial charge in [-0.2, -0.15) is 0 Å². The van der Waals surface area contributed by atoms with E-state index in [1.54, 1.807) is 66.7 Å². The summed E-state index contributed by atoms with van der Waals surface area (Å²) in [6.07, 6.45) is 5.92. The number of aromatic hydroxyl groups is 1. The van der Waals surface area contributed by atoms with Crippen LogP contribution in [0.2, 0.25) is 0 Å². The molecule has 466 valence electrons. The molecule has 0 bridgehead atoms. The number of ketones is 7. The van der Waals surface area contributed by atoms with Gasteiger partial charge >= 0.3 is 0 Å². The number of amides is 1. The Bertz CT molecular complexity index is 2600. The van der Waals surface area contributed by atoms with Crippen LogP contribution in [0.3, 0.4) is 0 Å². The SMILES string of the molecule is C.C.C.CC(=O)C(C)CC(=N)N.CC(=O)C(C)CCC(N)=O.CC(=O)C(C)CCCN=C(N)N.CC(=O)C(C)Cc1ccc(O)cc1.CC(=O)C(C)Cc1cccc(C(=N)N)c1.CC(=O)C(C)Cc1cccc2ccccc12.CCC(C)=O. The molecule has 0 aromatic heterocycles. The molecule has 1 amide bonds. The van der Waals surface area contributed by atoms with E-state index >= 15 is 0 Å². The Morgan fingerprint density at radius 1 is 0.518 bits per heavy atom. The van der Waals surface area contributed by atoms with Crippen molar-refractivity contribution in [2.75, 3.05) is 6.54 Å². The minimum atomic E-state index is -0.340. The molecular formula is C66H108N8O9. The second-order valence-electron chi connectivity index (χ2n) is 20.3. The molecule has 0 aliphatic carbocycles. The minimum absolute atomic E-state index is 0. The van der Waals surface area contributed by atoms with Crippen molar-refractivity contribution in [3.63, 3.8) is 0 Å². The summed E-state index contributed by atoms with van der Waals surface area (Å²) in [4.78, 5) is 89.1. The predicted octanol–water partition coefficient (Wildman–Crippen LogP) is 11.7. The zero-order valence-corrected chi connectivity index (χ0v) is 50.2. The lowest BCUT2D eigenvalue weighted by Gasteiger charge is -2.10. The number of fused-ring (bicyclic) bond motifs is 1. The number of amidine groups is 2. The van der Waals surface area contributed by atoms with Crippen LogP contribution in [0.4, 0.5) is 0 Å². The topological polar surface area (TPSA) is 347 Å². The third-order valence-corrected chi connectivity index (χ3v) is 12.8. The number of Topliss-reactive ketones (excluding diaryl/α,β-unsaturated/α-hetero) is 7. The van der Waals surface area contributed by atoms with Crippen LogP contribution in [0.1, 0.15) is 180 Å². The highest BCUT2D eigenvalue weighted by atomic mass is 16.3. The van der Waals surface area contributed by atoms with E-state index in [-0.39, 0.29) is 128 Å². The standard InChI is InChI=1S/C15H16O.C12H16N2O.C11H14O2.C8H17N3O.C7H13NO2.C6H12N2O.C4H8O.3CH4/c1-11(12(2)16)10-14-8-5-7-13-6-3-4-9-15(13)14;1-8(9(2)15)6-10-4-3-5-11(7-10)12(13)14;1-8(9(2)12)7-10-3-5-11(13)6-4-10;1-6(7(2)12)4-3-5-11-8(9)10;1-5(6(2)9)3-4-7(8)10;1-4(5(2)9)3-6(7)8;1-3-4(2)5;;;/h3-9,11H,10H2,1-2H3;3-5,7-8H,6H2,1-2H3,(H3,13,14);3-6,8,13H,7H2,1-2H3;6H,3-5H2,1-2H3,(H4,9,10,11);5H,3-4H2,1-2H3,(H2,8,10);4H,3H2,1-2H3,(H3,7,8);3H2,1-2H3;3*1H4. The van der Waals surface area contributed by atoms with Crippen LogP contribution in [0.5, 0.6) is 5.75 Å². The third kappa shape index (κ3) is 46.6. The van der Waals surface area contributed by atoms with Crippen molar-refractivity contribution in [1.82, 2.24) is 0 Å². The maximum atomic E-state index is 11.3. The summed E-state index contributed by atoms with van der Waals surface area (Å²) in [6.45, 7) is 24.8. The maximum Gasteiger partial charge on any atom is 0.217 e. The number of carbonyl (C=O) groups is 8. The van der Waals surface area contributed by atoms with E-state index in [2.05, 4.69) is 35.3 Å². The van der Waals surface area contributed by atoms with Gasteiger partial charge in [0.2, 0.25) is 5.91 Å². The monoisotopic (exact) mass is 1160 g/mol. The molecule has 13 N–H and O–H groups in total. The van der Waals surface area contributed by atoms with Gasteiger partial charge in [0, 0.05) is 66.9 Å². The van der Waals surface area contributed by atoms with Gasteiger partial charge in [0.05, 0.1) is 5.84 Å². The molecule has 4 rings (SSSR count). The van der Waals surface area contributed by atoms with Crippen molar-refractivity contribution >= 4 is 74.8 Å². The fraction of sp³-hybridized carbons (Fsp3) is 0.500. The summed E-state index contributed by atoms with van der Waals surface area (Å²) in [5.74, 6) is 1.68. The number of benzene rings is 4. The van der Waals surface area contributed by atoms with Crippen molar-refractivity contribution in [1.29, 1.82) is 10.8 Å². The van der Waals surface area contributed by atoms with Crippen molar-refractivity contribution in [3.05, 3.63) is 113 Å².